The maximum absolute atomic E-state index is 13.2. The molecule has 4 unspecified atom stereocenters. The maximum atomic E-state index is 13.2. The lowest BCUT2D eigenvalue weighted by Crippen LogP contribution is -2.58. The van der Waals surface area contributed by atoms with E-state index in [0.29, 0.717) is 6.42 Å². The molecule has 35 heavy (non-hydrogen) atoms. The number of nitrogens with one attached hydrogen (secondary N) is 4. The SMILES string of the molecule is CC(C)CC(N)C(=O)NC(C(=O)NC(Cc1c[nH]c2ccccc12)C(=O)NC(C)C(=O)O)C(C)C. The minimum atomic E-state index is -1.19. The number of aromatic amines is 1. The highest BCUT2D eigenvalue weighted by Crippen LogP contribution is 2.19. The van der Waals surface area contributed by atoms with Gasteiger partial charge in [-0.25, -0.2) is 0 Å². The number of hydrogen-bond donors (Lipinski definition) is 6. The van der Waals surface area contributed by atoms with E-state index >= 15 is 0 Å². The molecule has 0 fully saturated rings. The van der Waals surface area contributed by atoms with Crippen LogP contribution >= 0.6 is 0 Å². The number of aliphatic carboxylic acids is 1. The van der Waals surface area contributed by atoms with E-state index in [2.05, 4.69) is 20.9 Å². The highest BCUT2D eigenvalue weighted by Gasteiger charge is 2.31. The second kappa shape index (κ2) is 12.3. The molecule has 0 saturated carbocycles. The van der Waals surface area contributed by atoms with Crippen molar-refractivity contribution >= 4 is 34.6 Å². The molecule has 3 amide bonds. The molecule has 2 rings (SSSR count). The smallest absolute Gasteiger partial charge is 0.325 e. The monoisotopic (exact) mass is 487 g/mol. The molecule has 1 aromatic heterocycles. The predicted molar refractivity (Wildman–Crippen MR) is 133 cm³/mol. The van der Waals surface area contributed by atoms with Crippen LogP contribution in [-0.2, 0) is 25.6 Å². The third-order valence-electron chi connectivity index (χ3n) is 5.77. The summed E-state index contributed by atoms with van der Waals surface area (Å²) >= 11 is 0. The van der Waals surface area contributed by atoms with Crippen molar-refractivity contribution < 1.29 is 24.3 Å². The van der Waals surface area contributed by atoms with Crippen LogP contribution in [0.4, 0.5) is 0 Å². The Hall–Kier alpha value is -3.40. The van der Waals surface area contributed by atoms with Gasteiger partial charge in [-0.3, -0.25) is 19.2 Å². The molecule has 10 heteroatoms. The van der Waals surface area contributed by atoms with Gasteiger partial charge in [0, 0.05) is 23.5 Å². The lowest BCUT2D eigenvalue weighted by atomic mass is 9.99. The Morgan fingerprint density at radius 2 is 1.60 bits per heavy atom. The highest BCUT2D eigenvalue weighted by molar-refractivity contribution is 5.95. The van der Waals surface area contributed by atoms with Gasteiger partial charge in [-0.15, -0.1) is 0 Å². The molecule has 0 aliphatic heterocycles. The number of aromatic nitrogens is 1. The number of hydrogen-bond acceptors (Lipinski definition) is 5. The van der Waals surface area contributed by atoms with Gasteiger partial charge in [0.25, 0.3) is 0 Å². The third kappa shape index (κ3) is 7.81. The van der Waals surface area contributed by atoms with Crippen LogP contribution in [0.1, 0.15) is 46.6 Å². The average molecular weight is 488 g/mol. The Balaban J connectivity index is 2.25. The number of nitrogens with two attached hydrogens (primary N) is 1. The second-order valence-electron chi connectivity index (χ2n) is 9.66. The Labute approximate surface area is 205 Å². The van der Waals surface area contributed by atoms with Crippen LogP contribution < -0.4 is 21.7 Å². The number of carbonyl (C=O) groups is 4. The maximum Gasteiger partial charge on any atom is 0.325 e. The van der Waals surface area contributed by atoms with Crippen molar-refractivity contribution in [3.05, 3.63) is 36.0 Å². The summed E-state index contributed by atoms with van der Waals surface area (Å²) in [5, 5.41) is 17.9. The van der Waals surface area contributed by atoms with E-state index in [1.54, 1.807) is 20.0 Å². The lowest BCUT2D eigenvalue weighted by molar-refractivity contribution is -0.141. The molecule has 0 aliphatic rings. The molecule has 0 saturated heterocycles. The Bertz CT molecular complexity index is 1050. The molecule has 0 bridgehead atoms. The minimum absolute atomic E-state index is 0.125. The molecule has 2 aromatic rings. The fourth-order valence-corrected chi connectivity index (χ4v) is 3.78. The third-order valence-corrected chi connectivity index (χ3v) is 5.77. The summed E-state index contributed by atoms with van der Waals surface area (Å²) in [6.07, 6.45) is 2.35. The van der Waals surface area contributed by atoms with Gasteiger partial charge < -0.3 is 31.8 Å². The largest absolute Gasteiger partial charge is 0.480 e. The highest BCUT2D eigenvalue weighted by atomic mass is 16.4. The van der Waals surface area contributed by atoms with Gasteiger partial charge in [-0.05, 0) is 36.8 Å². The lowest BCUT2D eigenvalue weighted by Gasteiger charge is -2.27. The number of rotatable bonds is 12. The first kappa shape index (κ1) is 27.8. The van der Waals surface area contributed by atoms with Gasteiger partial charge in [0.2, 0.25) is 17.7 Å². The molecular weight excluding hydrogens is 450 g/mol. The number of H-pyrrole nitrogens is 1. The summed E-state index contributed by atoms with van der Waals surface area (Å²) in [4.78, 5) is 53.2. The summed E-state index contributed by atoms with van der Waals surface area (Å²) in [5.41, 5.74) is 7.63. The van der Waals surface area contributed by atoms with Gasteiger partial charge in [0.15, 0.2) is 0 Å². The average Bonchev–Trinajstić information content (AvgIpc) is 3.18. The van der Waals surface area contributed by atoms with Crippen molar-refractivity contribution in [1.82, 2.24) is 20.9 Å². The quantitative estimate of drug-likeness (QED) is 0.264. The summed E-state index contributed by atoms with van der Waals surface area (Å²) in [7, 11) is 0. The number of fused-ring (bicyclic) bond motifs is 1. The van der Waals surface area contributed by atoms with Crippen LogP contribution in [0.25, 0.3) is 10.9 Å². The number of para-hydroxylation sites is 1. The van der Waals surface area contributed by atoms with Crippen LogP contribution in [-0.4, -0.2) is 57.9 Å². The number of carboxylic acid groups (broad SMARTS) is 1. The van der Waals surface area contributed by atoms with Crippen LogP contribution in [0.3, 0.4) is 0 Å². The van der Waals surface area contributed by atoms with E-state index < -0.39 is 47.9 Å². The van der Waals surface area contributed by atoms with Crippen molar-refractivity contribution in [1.29, 1.82) is 0 Å². The van der Waals surface area contributed by atoms with E-state index in [0.717, 1.165) is 16.5 Å². The van der Waals surface area contributed by atoms with Gasteiger partial charge in [0.1, 0.15) is 18.1 Å². The molecule has 7 N–H and O–H groups in total. The zero-order chi connectivity index (χ0) is 26.3. The standard InChI is InChI=1S/C25H37N5O5/c1-13(2)10-18(26)22(31)30-21(14(3)4)24(33)29-20(23(32)28-15(5)25(34)35)11-16-12-27-19-9-7-6-8-17(16)19/h6-9,12-15,18,20-21,27H,10-11,26H2,1-5H3,(H,28,32)(H,29,33)(H,30,31)(H,34,35). The predicted octanol–water partition coefficient (Wildman–Crippen LogP) is 1.30. The summed E-state index contributed by atoms with van der Waals surface area (Å²) in [6, 6.07) is 3.65. The van der Waals surface area contributed by atoms with E-state index in [4.69, 9.17) is 5.73 Å². The van der Waals surface area contributed by atoms with Crippen molar-refractivity contribution in [2.24, 2.45) is 17.6 Å². The number of benzene rings is 1. The van der Waals surface area contributed by atoms with E-state index in [9.17, 15) is 24.3 Å². The van der Waals surface area contributed by atoms with Gasteiger partial charge in [-0.2, -0.15) is 0 Å². The second-order valence-corrected chi connectivity index (χ2v) is 9.66. The number of carbonyl (C=O) groups excluding carboxylic acids is 3. The van der Waals surface area contributed by atoms with Crippen LogP contribution in [0, 0.1) is 11.8 Å². The molecule has 1 aromatic carbocycles. The molecule has 0 spiro atoms. The number of carboxylic acids is 1. The summed E-state index contributed by atoms with van der Waals surface area (Å²) in [5.74, 6) is -2.88. The Morgan fingerprint density at radius 3 is 2.20 bits per heavy atom. The van der Waals surface area contributed by atoms with Gasteiger partial charge >= 0.3 is 5.97 Å². The Morgan fingerprint density at radius 1 is 0.943 bits per heavy atom. The first-order chi connectivity index (χ1) is 16.4. The van der Waals surface area contributed by atoms with Crippen LogP contribution in [0.15, 0.2) is 30.5 Å². The van der Waals surface area contributed by atoms with Crippen LogP contribution in [0.2, 0.25) is 0 Å². The molecule has 1 heterocycles. The molecular formula is C25H37N5O5. The van der Waals surface area contributed by atoms with E-state index in [1.165, 1.54) is 6.92 Å². The zero-order valence-corrected chi connectivity index (χ0v) is 20.9. The van der Waals surface area contributed by atoms with Crippen molar-refractivity contribution in [2.75, 3.05) is 0 Å². The summed E-state index contributed by atoms with van der Waals surface area (Å²) < 4.78 is 0. The number of amides is 3. The molecule has 192 valence electrons. The van der Waals surface area contributed by atoms with Crippen molar-refractivity contribution in [3.63, 3.8) is 0 Å². The zero-order valence-electron chi connectivity index (χ0n) is 20.9. The molecule has 0 aliphatic carbocycles. The molecule has 4 atom stereocenters. The fourth-order valence-electron chi connectivity index (χ4n) is 3.78. The van der Waals surface area contributed by atoms with E-state index in [-0.39, 0.29) is 18.3 Å². The topological polar surface area (TPSA) is 166 Å². The van der Waals surface area contributed by atoms with Crippen LogP contribution in [0.5, 0.6) is 0 Å². The Kier molecular flexibility index (Phi) is 9.82. The van der Waals surface area contributed by atoms with E-state index in [1.807, 2.05) is 38.1 Å². The fraction of sp³-hybridized carbons (Fsp3) is 0.520. The molecule has 0 radical (unpaired) electrons. The van der Waals surface area contributed by atoms with Crippen molar-refractivity contribution in [3.8, 4) is 0 Å². The first-order valence-corrected chi connectivity index (χ1v) is 11.8. The normalized spacial score (nSPS) is 14.9. The van der Waals surface area contributed by atoms with Gasteiger partial charge in [-0.1, -0.05) is 45.9 Å². The first-order valence-electron chi connectivity index (χ1n) is 11.8. The van der Waals surface area contributed by atoms with Crippen molar-refractivity contribution in [2.45, 2.75) is 71.6 Å². The molecule has 10 nitrogen and oxygen atoms in total. The summed E-state index contributed by atoms with van der Waals surface area (Å²) in [6.45, 7) is 8.80. The minimum Gasteiger partial charge on any atom is -0.480 e. The van der Waals surface area contributed by atoms with Gasteiger partial charge in [0.05, 0.1) is 6.04 Å².